The molecular formula is C18H26N2O2. The number of nitrogens with zero attached hydrogens (tertiary/aromatic N) is 1. The monoisotopic (exact) mass is 302 g/mol. The molecule has 0 spiro atoms. The van der Waals surface area contributed by atoms with Gasteiger partial charge in [-0.2, -0.15) is 0 Å². The van der Waals surface area contributed by atoms with Crippen molar-refractivity contribution in [3.63, 3.8) is 0 Å². The molecule has 1 aromatic carbocycles. The molecule has 4 nitrogen and oxygen atoms in total. The van der Waals surface area contributed by atoms with Crippen molar-refractivity contribution in [2.45, 2.75) is 52.5 Å². The van der Waals surface area contributed by atoms with Gasteiger partial charge >= 0.3 is 5.97 Å². The smallest absolute Gasteiger partial charge is 0.335 e. The SMILES string of the molecule is CCCc1cn(CCCN)c2c(C(C)C)cc(C(=O)O)cc12. The Morgan fingerprint density at radius 1 is 1.36 bits per heavy atom. The van der Waals surface area contributed by atoms with Crippen LogP contribution in [0.2, 0.25) is 0 Å². The average Bonchev–Trinajstić information content (AvgIpc) is 2.82. The molecular weight excluding hydrogens is 276 g/mol. The van der Waals surface area contributed by atoms with E-state index in [4.69, 9.17) is 5.73 Å². The lowest BCUT2D eigenvalue weighted by molar-refractivity contribution is 0.0697. The maximum atomic E-state index is 11.4. The van der Waals surface area contributed by atoms with Crippen molar-refractivity contribution in [2.24, 2.45) is 5.73 Å². The standard InChI is InChI=1S/C18H26N2O2/c1-4-6-13-11-20(8-5-7-19)17-15(12(2)3)9-14(18(21)22)10-16(13)17/h9-12H,4-8,19H2,1-3H3,(H,21,22). The van der Waals surface area contributed by atoms with Gasteiger partial charge in [-0.25, -0.2) is 4.79 Å². The van der Waals surface area contributed by atoms with E-state index in [0.717, 1.165) is 36.8 Å². The molecule has 3 N–H and O–H groups in total. The number of carbonyl (C=O) groups is 1. The summed E-state index contributed by atoms with van der Waals surface area (Å²) in [4.78, 5) is 11.4. The summed E-state index contributed by atoms with van der Waals surface area (Å²) in [6, 6.07) is 3.65. The zero-order valence-corrected chi connectivity index (χ0v) is 13.7. The minimum absolute atomic E-state index is 0.280. The fourth-order valence-electron chi connectivity index (χ4n) is 3.01. The zero-order chi connectivity index (χ0) is 16.3. The predicted molar refractivity (Wildman–Crippen MR) is 90.7 cm³/mol. The molecule has 0 fully saturated rings. The third-order valence-electron chi connectivity index (χ3n) is 4.08. The third-order valence-corrected chi connectivity index (χ3v) is 4.08. The molecule has 2 rings (SSSR count). The second-order valence-electron chi connectivity index (χ2n) is 6.16. The van der Waals surface area contributed by atoms with Crippen LogP contribution in [0.1, 0.15) is 61.0 Å². The molecule has 0 unspecified atom stereocenters. The number of hydrogen-bond donors (Lipinski definition) is 2. The van der Waals surface area contributed by atoms with Crippen molar-refractivity contribution in [3.05, 3.63) is 35.0 Å². The molecule has 0 radical (unpaired) electrons. The molecule has 0 saturated carbocycles. The van der Waals surface area contributed by atoms with Crippen molar-refractivity contribution < 1.29 is 9.90 Å². The van der Waals surface area contributed by atoms with Gasteiger partial charge in [-0.1, -0.05) is 27.2 Å². The van der Waals surface area contributed by atoms with Crippen LogP contribution in [0.4, 0.5) is 0 Å². The van der Waals surface area contributed by atoms with E-state index >= 15 is 0 Å². The van der Waals surface area contributed by atoms with E-state index < -0.39 is 5.97 Å². The summed E-state index contributed by atoms with van der Waals surface area (Å²) >= 11 is 0. The van der Waals surface area contributed by atoms with Crippen LogP contribution < -0.4 is 5.73 Å². The number of nitrogens with two attached hydrogens (primary N) is 1. The van der Waals surface area contributed by atoms with Crippen molar-refractivity contribution in [3.8, 4) is 0 Å². The number of carboxylic acid groups (broad SMARTS) is 1. The molecule has 0 aliphatic heterocycles. The Morgan fingerprint density at radius 2 is 2.09 bits per heavy atom. The van der Waals surface area contributed by atoms with Crippen LogP contribution in [-0.2, 0) is 13.0 Å². The quantitative estimate of drug-likeness (QED) is 0.818. The Hall–Kier alpha value is -1.81. The number of rotatable bonds is 7. The van der Waals surface area contributed by atoms with Crippen LogP contribution in [0.3, 0.4) is 0 Å². The highest BCUT2D eigenvalue weighted by Gasteiger charge is 2.17. The molecule has 2 aromatic rings. The Balaban J connectivity index is 2.72. The van der Waals surface area contributed by atoms with E-state index in [-0.39, 0.29) is 5.92 Å². The highest BCUT2D eigenvalue weighted by atomic mass is 16.4. The highest BCUT2D eigenvalue weighted by molar-refractivity contribution is 5.97. The van der Waals surface area contributed by atoms with Crippen LogP contribution in [0.15, 0.2) is 18.3 Å². The molecule has 0 atom stereocenters. The first kappa shape index (κ1) is 16.6. The molecule has 0 saturated heterocycles. The number of aryl methyl sites for hydroxylation is 2. The molecule has 0 bridgehead atoms. The Bertz CT molecular complexity index is 671. The van der Waals surface area contributed by atoms with Crippen molar-refractivity contribution in [1.82, 2.24) is 4.57 Å². The van der Waals surface area contributed by atoms with E-state index in [9.17, 15) is 9.90 Å². The first-order chi connectivity index (χ1) is 10.5. The lowest BCUT2D eigenvalue weighted by Crippen LogP contribution is -2.07. The number of hydrogen-bond acceptors (Lipinski definition) is 2. The average molecular weight is 302 g/mol. The summed E-state index contributed by atoms with van der Waals surface area (Å²) in [5.41, 5.74) is 9.56. The fraction of sp³-hybridized carbons (Fsp3) is 0.500. The van der Waals surface area contributed by atoms with Gasteiger partial charge in [-0.05, 0) is 48.6 Å². The van der Waals surface area contributed by atoms with Gasteiger partial charge in [0.05, 0.1) is 11.1 Å². The summed E-state index contributed by atoms with van der Waals surface area (Å²) in [5, 5.41) is 10.5. The second kappa shape index (κ2) is 6.97. The van der Waals surface area contributed by atoms with Crippen LogP contribution in [0.5, 0.6) is 0 Å². The van der Waals surface area contributed by atoms with Gasteiger partial charge in [0.2, 0.25) is 0 Å². The number of carboxylic acids is 1. The second-order valence-corrected chi connectivity index (χ2v) is 6.16. The first-order valence-corrected chi connectivity index (χ1v) is 8.08. The predicted octanol–water partition coefficient (Wildman–Crippen LogP) is 3.76. The molecule has 1 aromatic heterocycles. The maximum Gasteiger partial charge on any atom is 0.335 e. The molecule has 1 heterocycles. The number of benzene rings is 1. The van der Waals surface area contributed by atoms with E-state index in [2.05, 4.69) is 31.5 Å². The summed E-state index contributed by atoms with van der Waals surface area (Å²) in [7, 11) is 0. The largest absolute Gasteiger partial charge is 0.478 e. The molecule has 0 aliphatic carbocycles. The molecule has 4 heteroatoms. The van der Waals surface area contributed by atoms with Crippen molar-refractivity contribution in [2.75, 3.05) is 6.54 Å². The maximum absolute atomic E-state index is 11.4. The fourth-order valence-corrected chi connectivity index (χ4v) is 3.01. The first-order valence-electron chi connectivity index (χ1n) is 8.08. The van der Waals surface area contributed by atoms with Gasteiger partial charge in [0, 0.05) is 18.1 Å². The zero-order valence-electron chi connectivity index (χ0n) is 13.7. The van der Waals surface area contributed by atoms with E-state index in [1.165, 1.54) is 11.1 Å². The summed E-state index contributed by atoms with van der Waals surface area (Å²) in [5.74, 6) is -0.580. The normalized spacial score (nSPS) is 11.5. The van der Waals surface area contributed by atoms with Crippen LogP contribution in [-0.4, -0.2) is 22.2 Å². The van der Waals surface area contributed by atoms with Gasteiger partial charge in [0.1, 0.15) is 0 Å². The van der Waals surface area contributed by atoms with Crippen LogP contribution >= 0.6 is 0 Å². The van der Waals surface area contributed by atoms with Gasteiger partial charge < -0.3 is 15.4 Å². The number of fused-ring (bicyclic) bond motifs is 1. The van der Waals surface area contributed by atoms with Gasteiger partial charge in [-0.3, -0.25) is 0 Å². The molecule has 0 amide bonds. The molecule has 22 heavy (non-hydrogen) atoms. The van der Waals surface area contributed by atoms with Crippen LogP contribution in [0.25, 0.3) is 10.9 Å². The van der Waals surface area contributed by atoms with Crippen molar-refractivity contribution in [1.29, 1.82) is 0 Å². The number of aromatic nitrogens is 1. The summed E-state index contributed by atoms with van der Waals surface area (Å²) in [6.45, 7) is 7.91. The molecule has 120 valence electrons. The van der Waals surface area contributed by atoms with Gasteiger partial charge in [0.25, 0.3) is 0 Å². The molecule has 0 aliphatic rings. The minimum atomic E-state index is -0.860. The highest BCUT2D eigenvalue weighted by Crippen LogP contribution is 2.32. The number of aromatic carboxylic acids is 1. The Kier molecular flexibility index (Phi) is 5.24. The third kappa shape index (κ3) is 3.17. The van der Waals surface area contributed by atoms with Crippen LogP contribution in [0, 0.1) is 0 Å². The van der Waals surface area contributed by atoms with E-state index in [0.29, 0.717) is 12.1 Å². The topological polar surface area (TPSA) is 68.2 Å². The van der Waals surface area contributed by atoms with Gasteiger partial charge in [-0.15, -0.1) is 0 Å². The van der Waals surface area contributed by atoms with Gasteiger partial charge in [0.15, 0.2) is 0 Å². The minimum Gasteiger partial charge on any atom is -0.478 e. The lowest BCUT2D eigenvalue weighted by atomic mass is 9.95. The van der Waals surface area contributed by atoms with E-state index in [1.54, 1.807) is 0 Å². The lowest BCUT2D eigenvalue weighted by Gasteiger charge is -2.13. The Labute approximate surface area is 131 Å². The van der Waals surface area contributed by atoms with Crippen molar-refractivity contribution >= 4 is 16.9 Å². The summed E-state index contributed by atoms with van der Waals surface area (Å²) < 4.78 is 2.26. The summed E-state index contributed by atoms with van der Waals surface area (Å²) in [6.07, 6.45) is 5.12. The van der Waals surface area contributed by atoms with E-state index in [1.807, 2.05) is 12.1 Å². The Morgan fingerprint density at radius 3 is 2.64 bits per heavy atom.